The summed E-state index contributed by atoms with van der Waals surface area (Å²) in [5.74, 6) is -4.17. The number of aliphatic hydroxyl groups is 1. The molecule has 2 aliphatic heterocycles. The molecule has 1 spiro atoms. The third-order valence-corrected chi connectivity index (χ3v) is 8.11. The number of aliphatic hydroxyl groups excluding tert-OH is 1. The second kappa shape index (κ2) is 5.92. The standard InChI is InChI=1S/C26H18O9/c1-7-3-10(27)15-14-9(5-34-24(15)32)21(29)20-17(12(7)14)18-22(30)13-8(2)4-11(28)16-19(13)26(20,23(18)31)6-35-25(16)33/h3-4,18,23,27-29,31H,5-6H2,1-2H3. The van der Waals surface area contributed by atoms with E-state index in [0.717, 1.165) is 0 Å². The third-order valence-electron chi connectivity index (χ3n) is 8.11. The highest BCUT2D eigenvalue weighted by Gasteiger charge is 2.66. The molecule has 3 atom stereocenters. The first kappa shape index (κ1) is 20.3. The molecular formula is C26H18O9. The van der Waals surface area contributed by atoms with Gasteiger partial charge in [-0.05, 0) is 53.6 Å². The number of rotatable bonds is 0. The largest absolute Gasteiger partial charge is 0.507 e. The lowest BCUT2D eigenvalue weighted by molar-refractivity contribution is 0.00705. The first-order chi connectivity index (χ1) is 16.6. The molecule has 2 aliphatic carbocycles. The minimum atomic E-state index is -1.52. The molecule has 0 saturated carbocycles. The zero-order valence-electron chi connectivity index (χ0n) is 18.6. The van der Waals surface area contributed by atoms with E-state index in [1.807, 2.05) is 0 Å². The van der Waals surface area contributed by atoms with Gasteiger partial charge in [0.15, 0.2) is 5.78 Å². The van der Waals surface area contributed by atoms with Crippen LogP contribution >= 0.6 is 0 Å². The van der Waals surface area contributed by atoms with E-state index in [1.54, 1.807) is 13.8 Å². The summed E-state index contributed by atoms with van der Waals surface area (Å²) in [5, 5.41) is 45.3. The van der Waals surface area contributed by atoms with Crippen LogP contribution in [0.15, 0.2) is 12.1 Å². The Balaban J connectivity index is 1.76. The molecule has 3 aromatic carbocycles. The zero-order chi connectivity index (χ0) is 24.7. The van der Waals surface area contributed by atoms with E-state index in [-0.39, 0.29) is 69.2 Å². The number of ketones is 1. The van der Waals surface area contributed by atoms with Crippen molar-refractivity contribution in [3.63, 3.8) is 0 Å². The number of Topliss-reactive ketones (excluding diaryl/α,β-unsaturated/α-hetero) is 1. The van der Waals surface area contributed by atoms with Gasteiger partial charge in [0.2, 0.25) is 0 Å². The van der Waals surface area contributed by atoms with Gasteiger partial charge in [-0.2, -0.15) is 0 Å². The minimum absolute atomic E-state index is 0.118. The maximum atomic E-state index is 14.0. The predicted molar refractivity (Wildman–Crippen MR) is 118 cm³/mol. The van der Waals surface area contributed by atoms with Gasteiger partial charge in [-0.1, -0.05) is 0 Å². The van der Waals surface area contributed by atoms with E-state index in [1.165, 1.54) is 12.1 Å². The van der Waals surface area contributed by atoms with Crippen LogP contribution in [0.4, 0.5) is 0 Å². The molecule has 0 amide bonds. The van der Waals surface area contributed by atoms with Crippen molar-refractivity contribution < 1.29 is 44.3 Å². The van der Waals surface area contributed by atoms with Crippen molar-refractivity contribution in [1.82, 2.24) is 0 Å². The molecule has 4 aliphatic rings. The number of aromatic hydroxyl groups is 3. The summed E-state index contributed by atoms with van der Waals surface area (Å²) < 4.78 is 10.7. The molecule has 2 bridgehead atoms. The lowest BCUT2D eigenvalue weighted by atomic mass is 9.63. The van der Waals surface area contributed by atoms with Crippen LogP contribution in [0, 0.1) is 13.8 Å². The van der Waals surface area contributed by atoms with Gasteiger partial charge in [0.1, 0.15) is 41.6 Å². The third kappa shape index (κ3) is 1.96. The Morgan fingerprint density at radius 1 is 0.857 bits per heavy atom. The number of fused-ring (bicyclic) bond motifs is 4. The Labute approximate surface area is 197 Å². The SMILES string of the molecule is Cc1cc(O)c2c3c1C(=O)C1c4c(c(O)c5c6c(c(O)cc(C)c46)C(=O)OC5)C3(COC2=O)C1O. The van der Waals surface area contributed by atoms with Crippen molar-refractivity contribution >= 4 is 28.5 Å². The number of ether oxygens (including phenoxy) is 2. The van der Waals surface area contributed by atoms with Crippen molar-refractivity contribution in [3.8, 4) is 17.2 Å². The molecule has 4 N–H and O–H groups in total. The van der Waals surface area contributed by atoms with Gasteiger partial charge in [0.05, 0.1) is 17.4 Å². The van der Waals surface area contributed by atoms with Gasteiger partial charge in [0, 0.05) is 22.1 Å². The number of esters is 2. The molecule has 7 rings (SSSR count). The van der Waals surface area contributed by atoms with E-state index in [0.29, 0.717) is 22.1 Å². The highest BCUT2D eigenvalue weighted by molar-refractivity contribution is 6.18. The number of carbonyl (C=O) groups excluding carboxylic acids is 3. The van der Waals surface area contributed by atoms with Crippen molar-refractivity contribution in [2.24, 2.45) is 0 Å². The van der Waals surface area contributed by atoms with Crippen molar-refractivity contribution in [2.45, 2.75) is 37.9 Å². The summed E-state index contributed by atoms with van der Waals surface area (Å²) in [6.07, 6.45) is -1.41. The second-order valence-corrected chi connectivity index (χ2v) is 9.70. The Kier molecular flexibility index (Phi) is 3.43. The van der Waals surface area contributed by atoms with Gasteiger partial charge in [0.25, 0.3) is 0 Å². The molecule has 0 radical (unpaired) electrons. The van der Waals surface area contributed by atoms with Gasteiger partial charge in [-0.15, -0.1) is 0 Å². The van der Waals surface area contributed by atoms with Crippen LogP contribution in [0.25, 0.3) is 10.8 Å². The minimum Gasteiger partial charge on any atom is -0.507 e. The fourth-order valence-corrected chi connectivity index (χ4v) is 6.83. The summed E-state index contributed by atoms with van der Waals surface area (Å²) in [7, 11) is 0. The molecule has 176 valence electrons. The number of carbonyl (C=O) groups is 3. The number of cyclic esters (lactones) is 2. The van der Waals surface area contributed by atoms with Crippen LogP contribution in [0.1, 0.15) is 70.4 Å². The predicted octanol–water partition coefficient (Wildman–Crippen LogP) is 2.35. The molecule has 0 aromatic heterocycles. The topological polar surface area (TPSA) is 151 Å². The van der Waals surface area contributed by atoms with Gasteiger partial charge < -0.3 is 29.9 Å². The lowest BCUT2D eigenvalue weighted by Gasteiger charge is -2.43. The van der Waals surface area contributed by atoms with Crippen LogP contribution in [0.5, 0.6) is 17.2 Å². The van der Waals surface area contributed by atoms with Crippen LogP contribution in [0.3, 0.4) is 0 Å². The quantitative estimate of drug-likeness (QED) is 0.360. The maximum absolute atomic E-state index is 14.0. The summed E-state index contributed by atoms with van der Waals surface area (Å²) in [6, 6.07) is 2.71. The van der Waals surface area contributed by atoms with Gasteiger partial charge >= 0.3 is 11.9 Å². The first-order valence-corrected chi connectivity index (χ1v) is 11.1. The Hall–Kier alpha value is -4.11. The van der Waals surface area contributed by atoms with E-state index in [4.69, 9.17) is 9.47 Å². The molecule has 3 aromatic rings. The van der Waals surface area contributed by atoms with Crippen molar-refractivity contribution in [3.05, 3.63) is 62.2 Å². The summed E-state index contributed by atoms with van der Waals surface area (Å²) in [6.45, 7) is 2.70. The first-order valence-electron chi connectivity index (χ1n) is 11.1. The monoisotopic (exact) mass is 474 g/mol. The van der Waals surface area contributed by atoms with E-state index >= 15 is 0 Å². The number of benzene rings is 3. The fourth-order valence-electron chi connectivity index (χ4n) is 6.83. The lowest BCUT2D eigenvalue weighted by Crippen LogP contribution is -2.52. The number of aryl methyl sites for hydroxylation is 2. The number of hydrogen-bond donors (Lipinski definition) is 4. The smallest absolute Gasteiger partial charge is 0.342 e. The Morgan fingerprint density at radius 2 is 1.51 bits per heavy atom. The van der Waals surface area contributed by atoms with Gasteiger partial charge in [-0.25, -0.2) is 9.59 Å². The van der Waals surface area contributed by atoms with E-state index in [9.17, 15) is 34.8 Å². The van der Waals surface area contributed by atoms with Crippen molar-refractivity contribution in [1.29, 1.82) is 0 Å². The molecule has 35 heavy (non-hydrogen) atoms. The molecule has 9 heteroatoms. The number of hydrogen-bond acceptors (Lipinski definition) is 9. The Bertz CT molecular complexity index is 1630. The van der Waals surface area contributed by atoms with E-state index < -0.39 is 35.2 Å². The summed E-state index contributed by atoms with van der Waals surface area (Å²) in [4.78, 5) is 39.3. The van der Waals surface area contributed by atoms with Crippen LogP contribution in [-0.2, 0) is 21.5 Å². The molecule has 2 heterocycles. The highest BCUT2D eigenvalue weighted by Crippen LogP contribution is 2.64. The normalized spacial score (nSPS) is 25.3. The Morgan fingerprint density at radius 3 is 2.26 bits per heavy atom. The summed E-state index contributed by atoms with van der Waals surface area (Å²) >= 11 is 0. The van der Waals surface area contributed by atoms with Crippen molar-refractivity contribution in [2.75, 3.05) is 6.61 Å². The second-order valence-electron chi connectivity index (χ2n) is 9.70. The molecule has 0 fully saturated rings. The van der Waals surface area contributed by atoms with Crippen LogP contribution in [0.2, 0.25) is 0 Å². The average molecular weight is 474 g/mol. The maximum Gasteiger partial charge on any atom is 0.342 e. The average Bonchev–Trinajstić information content (AvgIpc) is 2.97. The number of phenolic OH excluding ortho intramolecular Hbond substituents is 3. The van der Waals surface area contributed by atoms with E-state index in [2.05, 4.69) is 0 Å². The summed E-state index contributed by atoms with van der Waals surface area (Å²) in [5.41, 5.74) is 0.227. The number of phenols is 3. The van der Waals surface area contributed by atoms with Gasteiger partial charge in [-0.3, -0.25) is 4.79 Å². The molecule has 9 nitrogen and oxygen atoms in total. The molecule has 0 saturated heterocycles. The van der Waals surface area contributed by atoms with Crippen LogP contribution in [-0.4, -0.2) is 50.9 Å². The zero-order valence-corrected chi connectivity index (χ0v) is 18.6. The molecule has 3 unspecified atom stereocenters. The van der Waals surface area contributed by atoms with Crippen LogP contribution < -0.4 is 0 Å². The molecular weight excluding hydrogens is 456 g/mol. The highest BCUT2D eigenvalue weighted by atomic mass is 16.5. The fraction of sp³-hybridized carbons (Fsp3) is 0.269.